The van der Waals surface area contributed by atoms with Crippen molar-refractivity contribution < 1.29 is 5.11 Å². The molecule has 0 aromatic rings. The Bertz CT molecular complexity index is 137. The second-order valence-electron chi connectivity index (χ2n) is 4.67. The topological polar surface area (TPSA) is 32.3 Å². The van der Waals surface area contributed by atoms with E-state index in [2.05, 4.69) is 26.1 Å². The highest BCUT2D eigenvalue weighted by Gasteiger charge is 2.32. The first-order valence-corrected chi connectivity index (χ1v) is 4.94. The highest BCUT2D eigenvalue weighted by Crippen LogP contribution is 2.36. The second kappa shape index (κ2) is 3.75. The minimum absolute atomic E-state index is 0.0463. The molecular weight excluding hydrogens is 150 g/mol. The van der Waals surface area contributed by atoms with E-state index in [-0.39, 0.29) is 12.1 Å². The molecule has 0 saturated heterocycles. The summed E-state index contributed by atoms with van der Waals surface area (Å²) in [4.78, 5) is 0. The largest absolute Gasteiger partial charge is 0.394 e. The number of hydrogen-bond acceptors (Lipinski definition) is 2. The van der Waals surface area contributed by atoms with Gasteiger partial charge in [0.05, 0.1) is 6.61 Å². The molecule has 0 heterocycles. The quantitative estimate of drug-likeness (QED) is 0.657. The van der Waals surface area contributed by atoms with Crippen LogP contribution in [0.25, 0.3) is 0 Å². The van der Waals surface area contributed by atoms with Gasteiger partial charge in [-0.2, -0.15) is 0 Å². The highest BCUT2D eigenvalue weighted by molar-refractivity contribution is 4.90. The zero-order valence-corrected chi connectivity index (χ0v) is 8.43. The molecule has 1 aliphatic rings. The van der Waals surface area contributed by atoms with E-state index in [0.717, 1.165) is 12.3 Å². The van der Waals surface area contributed by atoms with Crippen molar-refractivity contribution in [1.82, 2.24) is 5.32 Å². The molecule has 0 spiro atoms. The van der Waals surface area contributed by atoms with Crippen LogP contribution in [0.1, 0.15) is 40.0 Å². The third-order valence-corrected chi connectivity index (χ3v) is 2.42. The highest BCUT2D eigenvalue weighted by atomic mass is 16.3. The van der Waals surface area contributed by atoms with Crippen LogP contribution in [0.5, 0.6) is 0 Å². The molecular formula is C10H21NO. The Kier molecular flexibility index (Phi) is 3.13. The molecule has 0 aliphatic heterocycles. The van der Waals surface area contributed by atoms with Gasteiger partial charge in [0.1, 0.15) is 0 Å². The first kappa shape index (κ1) is 10.0. The van der Waals surface area contributed by atoms with Crippen LogP contribution in [-0.2, 0) is 0 Å². The Hall–Kier alpha value is -0.0800. The Morgan fingerprint density at radius 3 is 2.42 bits per heavy atom. The van der Waals surface area contributed by atoms with E-state index in [1.54, 1.807) is 0 Å². The zero-order chi connectivity index (χ0) is 9.19. The molecule has 0 amide bonds. The van der Waals surface area contributed by atoms with Crippen LogP contribution in [0, 0.1) is 5.92 Å². The molecule has 1 unspecified atom stereocenters. The van der Waals surface area contributed by atoms with Gasteiger partial charge in [-0.25, -0.2) is 0 Å². The third kappa shape index (κ3) is 3.11. The van der Waals surface area contributed by atoms with Crippen molar-refractivity contribution in [3.8, 4) is 0 Å². The van der Waals surface area contributed by atoms with Crippen LogP contribution in [0.2, 0.25) is 0 Å². The first-order chi connectivity index (χ1) is 5.56. The van der Waals surface area contributed by atoms with Crippen molar-refractivity contribution in [1.29, 1.82) is 0 Å². The van der Waals surface area contributed by atoms with Crippen LogP contribution in [0.3, 0.4) is 0 Å². The molecule has 1 aliphatic carbocycles. The van der Waals surface area contributed by atoms with Gasteiger partial charge in [0.25, 0.3) is 0 Å². The maximum Gasteiger partial charge on any atom is 0.0610 e. The molecule has 1 atom stereocenters. The van der Waals surface area contributed by atoms with Gasteiger partial charge in [-0.3, -0.25) is 0 Å². The fraction of sp³-hybridized carbons (Fsp3) is 1.00. The van der Waals surface area contributed by atoms with E-state index in [4.69, 9.17) is 0 Å². The molecule has 2 nitrogen and oxygen atoms in total. The maximum absolute atomic E-state index is 9.25. The third-order valence-electron chi connectivity index (χ3n) is 2.42. The summed E-state index contributed by atoms with van der Waals surface area (Å²) < 4.78 is 0. The maximum atomic E-state index is 9.25. The van der Waals surface area contributed by atoms with Crippen molar-refractivity contribution in [2.45, 2.75) is 51.6 Å². The van der Waals surface area contributed by atoms with E-state index < -0.39 is 0 Å². The smallest absolute Gasteiger partial charge is 0.0610 e. The predicted molar refractivity (Wildman–Crippen MR) is 51.1 cm³/mol. The Morgan fingerprint density at radius 1 is 1.50 bits per heavy atom. The lowest BCUT2D eigenvalue weighted by molar-refractivity contribution is 0.151. The minimum atomic E-state index is -0.0463. The SMILES string of the molecule is CC(C)NC(C)(CO)CC1CC1. The van der Waals surface area contributed by atoms with Gasteiger partial charge in [0.15, 0.2) is 0 Å². The summed E-state index contributed by atoms with van der Waals surface area (Å²) in [7, 11) is 0. The lowest BCUT2D eigenvalue weighted by Gasteiger charge is -2.31. The molecule has 1 fully saturated rings. The summed E-state index contributed by atoms with van der Waals surface area (Å²) in [6.45, 7) is 6.62. The molecule has 0 radical (unpaired) electrons. The summed E-state index contributed by atoms with van der Waals surface area (Å²) in [5.41, 5.74) is -0.0463. The lowest BCUT2D eigenvalue weighted by atomic mass is 9.95. The number of rotatable bonds is 5. The molecule has 0 bridgehead atoms. The van der Waals surface area contributed by atoms with Crippen LogP contribution < -0.4 is 5.32 Å². The molecule has 1 saturated carbocycles. The lowest BCUT2D eigenvalue weighted by Crippen LogP contribution is -2.49. The van der Waals surface area contributed by atoms with Crippen molar-refractivity contribution in [3.63, 3.8) is 0 Å². The van der Waals surface area contributed by atoms with Gasteiger partial charge in [0.2, 0.25) is 0 Å². The second-order valence-corrected chi connectivity index (χ2v) is 4.67. The predicted octanol–water partition coefficient (Wildman–Crippen LogP) is 1.54. The average molecular weight is 171 g/mol. The fourth-order valence-electron chi connectivity index (χ4n) is 1.83. The molecule has 0 aromatic heterocycles. The van der Waals surface area contributed by atoms with Gasteiger partial charge in [0, 0.05) is 11.6 Å². The first-order valence-electron chi connectivity index (χ1n) is 4.94. The van der Waals surface area contributed by atoms with Crippen LogP contribution in [0.4, 0.5) is 0 Å². The summed E-state index contributed by atoms with van der Waals surface area (Å²) in [6, 6.07) is 0.459. The van der Waals surface area contributed by atoms with Gasteiger partial charge in [-0.1, -0.05) is 26.7 Å². The van der Waals surface area contributed by atoms with Gasteiger partial charge >= 0.3 is 0 Å². The number of aliphatic hydroxyl groups is 1. The van der Waals surface area contributed by atoms with E-state index in [1.165, 1.54) is 12.8 Å². The van der Waals surface area contributed by atoms with Crippen molar-refractivity contribution in [2.75, 3.05) is 6.61 Å². The Labute approximate surface area is 75.4 Å². The zero-order valence-electron chi connectivity index (χ0n) is 8.43. The standard InChI is InChI=1S/C10H21NO/c1-8(2)11-10(3,7-12)6-9-4-5-9/h8-9,11-12H,4-7H2,1-3H3. The molecule has 0 aromatic carbocycles. The number of nitrogens with one attached hydrogen (secondary N) is 1. The average Bonchev–Trinajstić information content (AvgIpc) is 2.70. The van der Waals surface area contributed by atoms with E-state index in [1.807, 2.05) is 0 Å². The Balaban J connectivity index is 2.36. The van der Waals surface area contributed by atoms with Crippen LogP contribution in [-0.4, -0.2) is 23.3 Å². The summed E-state index contributed by atoms with van der Waals surface area (Å²) in [6.07, 6.45) is 3.84. The fourth-order valence-corrected chi connectivity index (χ4v) is 1.83. The minimum Gasteiger partial charge on any atom is -0.394 e. The van der Waals surface area contributed by atoms with Crippen molar-refractivity contribution >= 4 is 0 Å². The summed E-state index contributed by atoms with van der Waals surface area (Å²) >= 11 is 0. The summed E-state index contributed by atoms with van der Waals surface area (Å²) in [5.74, 6) is 0.869. The van der Waals surface area contributed by atoms with Crippen molar-refractivity contribution in [3.05, 3.63) is 0 Å². The molecule has 1 rings (SSSR count). The molecule has 12 heavy (non-hydrogen) atoms. The molecule has 72 valence electrons. The number of aliphatic hydroxyl groups excluding tert-OH is 1. The normalized spacial score (nSPS) is 22.8. The monoisotopic (exact) mass is 171 g/mol. The Morgan fingerprint density at radius 2 is 2.08 bits per heavy atom. The van der Waals surface area contributed by atoms with Gasteiger partial charge in [-0.15, -0.1) is 0 Å². The van der Waals surface area contributed by atoms with Crippen molar-refractivity contribution in [2.24, 2.45) is 5.92 Å². The van der Waals surface area contributed by atoms with Gasteiger partial charge < -0.3 is 10.4 Å². The molecule has 2 N–H and O–H groups in total. The molecule has 2 heteroatoms. The summed E-state index contributed by atoms with van der Waals surface area (Å²) in [5, 5.41) is 12.7. The van der Waals surface area contributed by atoms with Crippen LogP contribution in [0.15, 0.2) is 0 Å². The number of hydrogen-bond donors (Lipinski definition) is 2. The van der Waals surface area contributed by atoms with E-state index >= 15 is 0 Å². The van der Waals surface area contributed by atoms with Gasteiger partial charge in [-0.05, 0) is 19.3 Å². The van der Waals surface area contributed by atoms with Crippen LogP contribution >= 0.6 is 0 Å². The van der Waals surface area contributed by atoms with E-state index in [9.17, 15) is 5.11 Å². The van der Waals surface area contributed by atoms with E-state index in [0.29, 0.717) is 6.04 Å².